The van der Waals surface area contributed by atoms with Gasteiger partial charge in [0.2, 0.25) is 0 Å². The van der Waals surface area contributed by atoms with Crippen LogP contribution in [0.3, 0.4) is 0 Å². The fourth-order valence-corrected chi connectivity index (χ4v) is 3.81. The second-order valence-electron chi connectivity index (χ2n) is 6.76. The Labute approximate surface area is 127 Å². The highest BCUT2D eigenvalue weighted by Gasteiger charge is 2.21. The lowest BCUT2D eigenvalue weighted by Gasteiger charge is -2.34. The zero-order valence-corrected chi connectivity index (χ0v) is 12.9. The normalized spacial score (nSPS) is 24.5. The number of rotatable bonds is 5. The van der Waals surface area contributed by atoms with Gasteiger partial charge in [-0.05, 0) is 62.4 Å². The molecule has 2 nitrogen and oxygen atoms in total. The molecule has 0 amide bonds. The van der Waals surface area contributed by atoms with E-state index in [-0.39, 0.29) is 5.82 Å². The predicted molar refractivity (Wildman–Crippen MR) is 84.7 cm³/mol. The molecular weight excluding hydrogens is 263 g/mol. The Hall–Kier alpha value is -0.930. The number of benzene rings is 1. The molecule has 1 N–H and O–H groups in total. The molecule has 0 radical (unpaired) electrons. The maximum absolute atomic E-state index is 13.3. The fraction of sp³-hybridized carbons (Fsp3) is 0.667. The number of halogens is 1. The van der Waals surface area contributed by atoms with Crippen LogP contribution in [0.4, 0.5) is 4.39 Å². The molecule has 1 saturated heterocycles. The number of likely N-dealkylation sites (tertiary alicyclic amines) is 1. The highest BCUT2D eigenvalue weighted by atomic mass is 19.1. The molecule has 1 aromatic carbocycles. The molecule has 0 aromatic heterocycles. The van der Waals surface area contributed by atoms with E-state index in [9.17, 15) is 4.39 Å². The van der Waals surface area contributed by atoms with Gasteiger partial charge in [-0.15, -0.1) is 0 Å². The zero-order chi connectivity index (χ0) is 14.5. The molecule has 21 heavy (non-hydrogen) atoms. The van der Waals surface area contributed by atoms with Gasteiger partial charge in [-0.3, -0.25) is 4.90 Å². The molecule has 1 aliphatic heterocycles. The third-order valence-electron chi connectivity index (χ3n) is 4.97. The second-order valence-corrected chi connectivity index (χ2v) is 6.76. The van der Waals surface area contributed by atoms with Gasteiger partial charge in [0, 0.05) is 19.1 Å². The van der Waals surface area contributed by atoms with Crippen molar-refractivity contribution < 1.29 is 4.39 Å². The highest BCUT2D eigenvalue weighted by Crippen LogP contribution is 2.24. The molecule has 1 aliphatic carbocycles. The lowest BCUT2D eigenvalue weighted by atomic mass is 10.0. The summed E-state index contributed by atoms with van der Waals surface area (Å²) in [6, 6.07) is 7.64. The van der Waals surface area contributed by atoms with Gasteiger partial charge in [-0.2, -0.15) is 0 Å². The van der Waals surface area contributed by atoms with Crippen molar-refractivity contribution in [1.29, 1.82) is 0 Å². The second kappa shape index (κ2) is 7.37. The van der Waals surface area contributed by atoms with Crippen LogP contribution in [0.2, 0.25) is 0 Å². The SMILES string of the molecule is Fc1cccc(CN2CCCC(NCC3CCCC3)C2)c1. The van der Waals surface area contributed by atoms with Crippen LogP contribution in [-0.4, -0.2) is 30.6 Å². The average Bonchev–Trinajstić information content (AvgIpc) is 2.99. The van der Waals surface area contributed by atoms with E-state index in [4.69, 9.17) is 0 Å². The Morgan fingerprint density at radius 3 is 2.81 bits per heavy atom. The van der Waals surface area contributed by atoms with Crippen LogP contribution < -0.4 is 5.32 Å². The monoisotopic (exact) mass is 290 g/mol. The summed E-state index contributed by atoms with van der Waals surface area (Å²) in [5.74, 6) is 0.781. The molecule has 1 heterocycles. The van der Waals surface area contributed by atoms with Crippen molar-refractivity contribution >= 4 is 0 Å². The highest BCUT2D eigenvalue weighted by molar-refractivity contribution is 5.16. The minimum absolute atomic E-state index is 0.125. The van der Waals surface area contributed by atoms with Crippen molar-refractivity contribution in [2.45, 2.75) is 51.1 Å². The summed E-state index contributed by atoms with van der Waals surface area (Å²) in [4.78, 5) is 2.46. The summed E-state index contributed by atoms with van der Waals surface area (Å²) in [6.07, 6.45) is 8.19. The summed E-state index contributed by atoms with van der Waals surface area (Å²) in [5, 5.41) is 3.77. The lowest BCUT2D eigenvalue weighted by molar-refractivity contribution is 0.180. The molecule has 3 rings (SSSR count). The number of hydrogen-bond donors (Lipinski definition) is 1. The fourth-order valence-electron chi connectivity index (χ4n) is 3.81. The van der Waals surface area contributed by atoms with Crippen molar-refractivity contribution in [1.82, 2.24) is 10.2 Å². The van der Waals surface area contributed by atoms with E-state index in [1.165, 1.54) is 51.1 Å². The van der Waals surface area contributed by atoms with E-state index in [1.807, 2.05) is 12.1 Å². The number of nitrogens with one attached hydrogen (secondary N) is 1. The molecule has 0 spiro atoms. The van der Waals surface area contributed by atoms with E-state index < -0.39 is 0 Å². The Morgan fingerprint density at radius 2 is 2.00 bits per heavy atom. The van der Waals surface area contributed by atoms with Crippen molar-refractivity contribution in [3.05, 3.63) is 35.6 Å². The molecule has 116 valence electrons. The van der Waals surface area contributed by atoms with E-state index in [0.717, 1.165) is 31.1 Å². The summed E-state index contributed by atoms with van der Waals surface area (Å²) >= 11 is 0. The van der Waals surface area contributed by atoms with Crippen LogP contribution in [0.5, 0.6) is 0 Å². The number of piperidine rings is 1. The average molecular weight is 290 g/mol. The van der Waals surface area contributed by atoms with Gasteiger partial charge in [0.25, 0.3) is 0 Å². The molecule has 0 bridgehead atoms. The van der Waals surface area contributed by atoms with Gasteiger partial charge in [0.15, 0.2) is 0 Å². The maximum Gasteiger partial charge on any atom is 0.123 e. The first-order chi connectivity index (χ1) is 10.3. The molecule has 1 unspecified atom stereocenters. The third kappa shape index (κ3) is 4.52. The smallest absolute Gasteiger partial charge is 0.123 e. The van der Waals surface area contributed by atoms with Gasteiger partial charge in [0.05, 0.1) is 0 Å². The standard InChI is InChI=1S/C18H27FN2/c19-17-8-3-7-16(11-17)13-21-10-4-9-18(14-21)20-12-15-5-1-2-6-15/h3,7-8,11,15,18,20H,1-2,4-6,9-10,12-14H2. The van der Waals surface area contributed by atoms with E-state index in [2.05, 4.69) is 10.2 Å². The van der Waals surface area contributed by atoms with Gasteiger partial charge >= 0.3 is 0 Å². The summed E-state index contributed by atoms with van der Waals surface area (Å²) < 4.78 is 13.3. The summed E-state index contributed by atoms with van der Waals surface area (Å²) in [6.45, 7) is 4.30. The number of nitrogens with zero attached hydrogens (tertiary/aromatic N) is 1. The topological polar surface area (TPSA) is 15.3 Å². The molecule has 1 aromatic rings. The van der Waals surface area contributed by atoms with Crippen LogP contribution in [-0.2, 0) is 6.54 Å². The van der Waals surface area contributed by atoms with Gasteiger partial charge in [-0.25, -0.2) is 4.39 Å². The molecule has 2 aliphatic rings. The van der Waals surface area contributed by atoms with Crippen LogP contribution in [0.1, 0.15) is 44.1 Å². The first-order valence-corrected chi connectivity index (χ1v) is 8.50. The largest absolute Gasteiger partial charge is 0.312 e. The van der Waals surface area contributed by atoms with Crippen LogP contribution in [0.25, 0.3) is 0 Å². The Kier molecular flexibility index (Phi) is 5.26. The third-order valence-corrected chi connectivity index (χ3v) is 4.97. The van der Waals surface area contributed by atoms with Crippen molar-refractivity contribution in [3.63, 3.8) is 0 Å². The van der Waals surface area contributed by atoms with Crippen molar-refractivity contribution in [2.75, 3.05) is 19.6 Å². The summed E-state index contributed by atoms with van der Waals surface area (Å²) in [5.41, 5.74) is 1.09. The molecule has 3 heteroatoms. The quantitative estimate of drug-likeness (QED) is 0.892. The first-order valence-electron chi connectivity index (χ1n) is 8.50. The van der Waals surface area contributed by atoms with E-state index >= 15 is 0 Å². The van der Waals surface area contributed by atoms with Gasteiger partial charge < -0.3 is 5.32 Å². The summed E-state index contributed by atoms with van der Waals surface area (Å²) in [7, 11) is 0. The maximum atomic E-state index is 13.3. The Balaban J connectivity index is 1.46. The zero-order valence-electron chi connectivity index (χ0n) is 12.9. The van der Waals surface area contributed by atoms with Gasteiger partial charge in [0.1, 0.15) is 5.82 Å². The Morgan fingerprint density at radius 1 is 1.14 bits per heavy atom. The van der Waals surface area contributed by atoms with Crippen LogP contribution >= 0.6 is 0 Å². The van der Waals surface area contributed by atoms with Crippen LogP contribution in [0, 0.1) is 11.7 Å². The minimum atomic E-state index is -0.125. The lowest BCUT2D eigenvalue weighted by Crippen LogP contribution is -2.46. The minimum Gasteiger partial charge on any atom is -0.312 e. The van der Waals surface area contributed by atoms with E-state index in [0.29, 0.717) is 6.04 Å². The van der Waals surface area contributed by atoms with E-state index in [1.54, 1.807) is 6.07 Å². The first kappa shape index (κ1) is 15.0. The molecular formula is C18H27FN2. The van der Waals surface area contributed by atoms with Crippen molar-refractivity contribution in [3.8, 4) is 0 Å². The molecule has 1 saturated carbocycles. The predicted octanol–water partition coefficient (Wildman–Crippen LogP) is 3.57. The molecule has 2 fully saturated rings. The number of hydrogen-bond acceptors (Lipinski definition) is 2. The van der Waals surface area contributed by atoms with Crippen molar-refractivity contribution in [2.24, 2.45) is 5.92 Å². The molecule has 1 atom stereocenters. The van der Waals surface area contributed by atoms with Crippen LogP contribution in [0.15, 0.2) is 24.3 Å². The van der Waals surface area contributed by atoms with Gasteiger partial charge in [-0.1, -0.05) is 25.0 Å². The Bertz CT molecular complexity index is 443.